The predicted molar refractivity (Wildman–Crippen MR) is 325 cm³/mol. The highest BCUT2D eigenvalue weighted by Gasteiger charge is 2.23. The van der Waals surface area contributed by atoms with Gasteiger partial charge in [-0.05, 0) is 57.8 Å². The van der Waals surface area contributed by atoms with Crippen LogP contribution in [0.2, 0.25) is 0 Å². The van der Waals surface area contributed by atoms with E-state index in [-0.39, 0.29) is 19.1 Å². The highest BCUT2D eigenvalue weighted by molar-refractivity contribution is 7.45. The molecule has 0 aromatic carbocycles. The zero-order chi connectivity index (χ0) is 54.9. The molecule has 0 aliphatic rings. The Balaban J connectivity index is 4.00. The van der Waals surface area contributed by atoms with Gasteiger partial charge < -0.3 is 28.8 Å². The first-order chi connectivity index (χ1) is 36.5. The average Bonchev–Trinajstić information content (AvgIpc) is 3.37. The highest BCUT2D eigenvalue weighted by atomic mass is 31.2. The molecule has 75 heavy (non-hydrogen) atoms. The molecule has 1 amide bonds. The Morgan fingerprint density at radius 1 is 0.453 bits per heavy atom. The number of carbonyl (C=O) groups is 1. The molecular weight excluding hydrogens is 948 g/mol. The summed E-state index contributed by atoms with van der Waals surface area (Å²) in [5.74, 6) is -0.201. The van der Waals surface area contributed by atoms with Gasteiger partial charge >= 0.3 is 0 Å². The number of allylic oxidation sites excluding steroid dienone is 5. The van der Waals surface area contributed by atoms with Crippen LogP contribution in [0.5, 0.6) is 0 Å². The maximum Gasteiger partial charge on any atom is 0.268 e. The van der Waals surface area contributed by atoms with Gasteiger partial charge in [0.2, 0.25) is 5.91 Å². The molecule has 3 unspecified atom stereocenters. The molecule has 0 saturated carbocycles. The lowest BCUT2D eigenvalue weighted by Crippen LogP contribution is -2.45. The summed E-state index contributed by atoms with van der Waals surface area (Å²) in [5.41, 5.74) is 0. The van der Waals surface area contributed by atoms with Crippen LogP contribution in [0.25, 0.3) is 0 Å². The zero-order valence-corrected chi connectivity index (χ0v) is 51.7. The molecule has 0 aromatic heterocycles. The number of unbranched alkanes of at least 4 members (excludes halogenated alkanes) is 44. The number of rotatable bonds is 61. The Kier molecular flexibility index (Phi) is 56.4. The van der Waals surface area contributed by atoms with Crippen molar-refractivity contribution in [3.05, 3.63) is 36.5 Å². The number of carbonyl (C=O) groups excluding carboxylic acids is 1. The van der Waals surface area contributed by atoms with Gasteiger partial charge in [0, 0.05) is 6.42 Å². The van der Waals surface area contributed by atoms with E-state index in [9.17, 15) is 19.4 Å². The summed E-state index contributed by atoms with van der Waals surface area (Å²) in [4.78, 5) is 25.5. The second kappa shape index (κ2) is 57.4. The van der Waals surface area contributed by atoms with Crippen molar-refractivity contribution in [2.75, 3.05) is 40.9 Å². The topological polar surface area (TPSA) is 108 Å². The van der Waals surface area contributed by atoms with Crippen LogP contribution in [0.1, 0.15) is 328 Å². The third-order valence-electron chi connectivity index (χ3n) is 15.1. The van der Waals surface area contributed by atoms with Gasteiger partial charge in [0.15, 0.2) is 0 Å². The number of phosphoric ester groups is 1. The van der Waals surface area contributed by atoms with E-state index in [0.717, 1.165) is 38.5 Å². The van der Waals surface area contributed by atoms with E-state index < -0.39 is 20.0 Å². The van der Waals surface area contributed by atoms with Crippen molar-refractivity contribution < 1.29 is 32.9 Å². The number of phosphoric acid groups is 1. The van der Waals surface area contributed by atoms with Crippen LogP contribution in [0.4, 0.5) is 0 Å². The van der Waals surface area contributed by atoms with Crippen molar-refractivity contribution in [3.8, 4) is 0 Å². The molecule has 0 bridgehead atoms. The van der Waals surface area contributed by atoms with Crippen LogP contribution in [0, 0.1) is 0 Å². The number of aliphatic hydroxyl groups is 1. The van der Waals surface area contributed by atoms with Crippen molar-refractivity contribution in [3.63, 3.8) is 0 Å². The molecule has 0 saturated heterocycles. The molecule has 2 N–H and O–H groups in total. The van der Waals surface area contributed by atoms with E-state index in [2.05, 4.69) is 43.5 Å². The third-order valence-corrected chi connectivity index (χ3v) is 16.0. The molecule has 3 atom stereocenters. The lowest BCUT2D eigenvalue weighted by molar-refractivity contribution is -0.870. The first kappa shape index (κ1) is 73.7. The minimum atomic E-state index is -4.61. The van der Waals surface area contributed by atoms with Crippen LogP contribution in [0.3, 0.4) is 0 Å². The van der Waals surface area contributed by atoms with Gasteiger partial charge in [-0.1, -0.05) is 301 Å². The number of likely N-dealkylation sites (N-methyl/N-ethyl adjacent to an activating group) is 1. The number of nitrogens with zero attached hydrogens (tertiary/aromatic N) is 1. The summed E-state index contributed by atoms with van der Waals surface area (Å²) in [7, 11) is 1.26. The fourth-order valence-corrected chi connectivity index (χ4v) is 10.7. The molecule has 0 spiro atoms. The van der Waals surface area contributed by atoms with Crippen LogP contribution in [-0.4, -0.2) is 68.5 Å². The molecule has 0 radical (unpaired) electrons. The first-order valence-electron chi connectivity index (χ1n) is 32.9. The van der Waals surface area contributed by atoms with Gasteiger partial charge in [0.1, 0.15) is 13.2 Å². The molecule has 9 heteroatoms. The van der Waals surface area contributed by atoms with E-state index in [1.807, 2.05) is 27.2 Å². The van der Waals surface area contributed by atoms with Crippen molar-refractivity contribution in [2.24, 2.45) is 0 Å². The lowest BCUT2D eigenvalue weighted by Gasteiger charge is -2.29. The van der Waals surface area contributed by atoms with E-state index in [1.54, 1.807) is 6.08 Å². The van der Waals surface area contributed by atoms with Gasteiger partial charge in [0.05, 0.1) is 39.9 Å². The second-order valence-corrected chi connectivity index (χ2v) is 25.2. The van der Waals surface area contributed by atoms with E-state index in [1.165, 1.54) is 270 Å². The molecule has 0 aliphatic heterocycles. The van der Waals surface area contributed by atoms with Crippen LogP contribution >= 0.6 is 7.82 Å². The van der Waals surface area contributed by atoms with Gasteiger partial charge in [-0.3, -0.25) is 9.36 Å². The van der Waals surface area contributed by atoms with Gasteiger partial charge in [-0.25, -0.2) is 0 Å². The quantitative estimate of drug-likeness (QED) is 0.0272. The molecule has 0 fully saturated rings. The summed E-state index contributed by atoms with van der Waals surface area (Å²) in [5, 5.41) is 13.9. The Morgan fingerprint density at radius 3 is 1.08 bits per heavy atom. The van der Waals surface area contributed by atoms with Crippen molar-refractivity contribution in [2.45, 2.75) is 341 Å². The monoisotopic (exact) mass is 1080 g/mol. The molecule has 0 heterocycles. The maximum atomic E-state index is 13.0. The third kappa shape index (κ3) is 60.2. The molecule has 444 valence electrons. The average molecular weight is 1080 g/mol. The summed E-state index contributed by atoms with van der Waals surface area (Å²) < 4.78 is 23.4. The smallest absolute Gasteiger partial charge is 0.268 e. The standard InChI is InChI=1S/C66H129N2O6P/c1-6-8-10-12-14-16-18-20-22-24-26-27-28-29-30-31-32-33-34-35-36-37-38-39-40-41-42-44-46-48-50-52-54-56-58-60-66(70)67-64(63-74-75(71,72)73-62-61-68(3,4)5)65(69)59-57-55-53-51-49-47-45-43-25-23-21-19-17-15-13-11-9-7-2/h24,26,49,51,57,59,64-65,69H,6-23,25,27-48,50,52-56,58,60-63H2,1-5H3,(H-,67,70,71,72)/b26-24-,51-49+,59-57+. The van der Waals surface area contributed by atoms with Gasteiger partial charge in [-0.2, -0.15) is 0 Å². The number of quaternary nitrogens is 1. The van der Waals surface area contributed by atoms with E-state index >= 15 is 0 Å². The largest absolute Gasteiger partial charge is 0.756 e. The van der Waals surface area contributed by atoms with Crippen LogP contribution in [0.15, 0.2) is 36.5 Å². The number of amides is 1. The lowest BCUT2D eigenvalue weighted by atomic mass is 10.0. The van der Waals surface area contributed by atoms with Crippen molar-refractivity contribution >= 4 is 13.7 Å². The first-order valence-corrected chi connectivity index (χ1v) is 34.3. The maximum absolute atomic E-state index is 13.0. The van der Waals surface area contributed by atoms with Crippen molar-refractivity contribution in [1.82, 2.24) is 5.32 Å². The van der Waals surface area contributed by atoms with E-state index in [0.29, 0.717) is 17.4 Å². The summed E-state index contributed by atoms with van der Waals surface area (Å²) >= 11 is 0. The Bertz CT molecular complexity index is 1320. The molecule has 0 aromatic rings. The predicted octanol–water partition coefficient (Wildman–Crippen LogP) is 19.9. The molecule has 0 rings (SSSR count). The highest BCUT2D eigenvalue weighted by Crippen LogP contribution is 2.38. The normalized spacial score (nSPS) is 14.0. The van der Waals surface area contributed by atoms with Crippen LogP contribution < -0.4 is 10.2 Å². The van der Waals surface area contributed by atoms with Crippen LogP contribution in [-0.2, 0) is 18.4 Å². The number of aliphatic hydroxyl groups excluding tert-OH is 1. The van der Waals surface area contributed by atoms with Gasteiger partial charge in [0.25, 0.3) is 7.82 Å². The molecule has 0 aliphatic carbocycles. The summed E-state index contributed by atoms with van der Waals surface area (Å²) in [6.07, 6.45) is 75.5. The number of hydrogen-bond acceptors (Lipinski definition) is 6. The minimum absolute atomic E-state index is 0.00447. The Labute approximate surface area is 467 Å². The fraction of sp³-hybridized carbons (Fsp3) is 0.894. The minimum Gasteiger partial charge on any atom is -0.756 e. The molecular formula is C66H129N2O6P. The number of hydrogen-bond donors (Lipinski definition) is 2. The summed E-state index contributed by atoms with van der Waals surface area (Å²) in [6, 6.07) is -0.902. The second-order valence-electron chi connectivity index (χ2n) is 23.8. The number of nitrogens with one attached hydrogen (secondary N) is 1. The van der Waals surface area contributed by atoms with E-state index in [4.69, 9.17) is 9.05 Å². The molecule has 8 nitrogen and oxygen atoms in total. The van der Waals surface area contributed by atoms with Gasteiger partial charge in [-0.15, -0.1) is 0 Å². The Morgan fingerprint density at radius 2 is 0.747 bits per heavy atom. The Hall–Kier alpha value is -1.28. The fourth-order valence-electron chi connectivity index (χ4n) is 9.93. The summed E-state index contributed by atoms with van der Waals surface area (Å²) in [6.45, 7) is 4.67. The zero-order valence-electron chi connectivity index (χ0n) is 50.8. The van der Waals surface area contributed by atoms with Crippen molar-refractivity contribution in [1.29, 1.82) is 0 Å². The SMILES string of the molecule is CCCCCCCCCC/C=C\CCCCCCCCCCCCCCCCCCCCCCCCCC(=O)NC(COP(=O)([O-])OCC[N+](C)(C)C)C(O)/C=C/CC/C=C/CCCCCCCCCCCCCC.